The number of carbonyl (C=O) groups excluding carboxylic acids is 2. The van der Waals surface area contributed by atoms with Crippen LogP contribution >= 0.6 is 31.9 Å². The van der Waals surface area contributed by atoms with Crippen molar-refractivity contribution in [1.82, 2.24) is 0 Å². The van der Waals surface area contributed by atoms with E-state index in [1.165, 1.54) is 14.2 Å². The number of ether oxygens (including phenoxy) is 2. The van der Waals surface area contributed by atoms with Crippen LogP contribution in [0.4, 0.5) is 0 Å². The van der Waals surface area contributed by atoms with Gasteiger partial charge in [0.25, 0.3) is 0 Å². The Morgan fingerprint density at radius 2 is 1.08 bits per heavy atom. The van der Waals surface area contributed by atoms with Crippen LogP contribution in [0.15, 0.2) is 139 Å². The maximum atomic E-state index is 12.2. The number of esters is 2. The fraction of sp³-hybridized carbons (Fsp3) is 0.0732. The van der Waals surface area contributed by atoms with Crippen molar-refractivity contribution in [2.75, 3.05) is 14.2 Å². The van der Waals surface area contributed by atoms with Crippen molar-refractivity contribution in [3.05, 3.63) is 147 Å². The predicted molar refractivity (Wildman–Crippen MR) is 212 cm³/mol. The molecule has 6 aromatic carbocycles. The highest BCUT2D eigenvalue weighted by atomic mass is 79.9. The lowest BCUT2D eigenvalue weighted by Gasteiger charge is -2.09. The van der Waals surface area contributed by atoms with E-state index in [4.69, 9.17) is 13.6 Å². The largest absolute Gasteiger partial charge is 0.492 e. The Bertz CT molecular complexity index is 2570. The van der Waals surface area contributed by atoms with E-state index < -0.39 is 7.12 Å². The van der Waals surface area contributed by atoms with Gasteiger partial charge in [0, 0.05) is 41.5 Å². The van der Waals surface area contributed by atoms with Gasteiger partial charge in [0.15, 0.2) is 0 Å². The smallest absolute Gasteiger partial charge is 0.465 e. The third-order valence-corrected chi connectivity index (χ3v) is 9.39. The number of furan rings is 2. The van der Waals surface area contributed by atoms with Gasteiger partial charge in [-0.05, 0) is 54.4 Å². The Morgan fingerprint density at radius 1 is 0.577 bits per heavy atom. The highest BCUT2D eigenvalue weighted by Crippen LogP contribution is 2.37. The fourth-order valence-electron chi connectivity index (χ4n) is 5.89. The van der Waals surface area contributed by atoms with Gasteiger partial charge in [-0.1, -0.05) is 117 Å². The van der Waals surface area contributed by atoms with E-state index >= 15 is 0 Å². The first kappa shape index (κ1) is 36.6. The molecule has 52 heavy (non-hydrogen) atoms. The molecule has 0 radical (unpaired) electrons. The number of aryl methyl sites for hydroxylation is 1. The molecule has 0 aliphatic carbocycles. The Hall–Kier alpha value is -5.20. The number of rotatable bonds is 4. The van der Waals surface area contributed by atoms with E-state index in [9.17, 15) is 19.6 Å². The molecule has 2 aromatic heterocycles. The van der Waals surface area contributed by atoms with Gasteiger partial charge in [-0.25, -0.2) is 9.59 Å². The summed E-state index contributed by atoms with van der Waals surface area (Å²) in [5, 5.41) is 22.5. The standard InChI is InChI=1S/C20H13BrO3.C12H9BO3.C9H9BrO2/c1-23-20(22)17-11-12(21)9-10-13(17)15-6-4-7-16-14-5-2-3-8-18(14)24-19(15)16;14-13(15)10-6-3-5-9-8-4-1-2-7-11(8)16-12(9)10;1-6-3-4-7(10)5-8(6)9(11)12-2/h2-11H,1H3;1-7,14-15H;3-5H,1-2H3. The molecule has 0 amide bonds. The molecule has 0 aliphatic heterocycles. The average Bonchev–Trinajstić information content (AvgIpc) is 3.74. The lowest BCUT2D eigenvalue weighted by atomic mass is 9.79. The van der Waals surface area contributed by atoms with Crippen LogP contribution in [0.5, 0.6) is 0 Å². The second kappa shape index (κ2) is 16.0. The van der Waals surface area contributed by atoms with E-state index in [1.807, 2.05) is 104 Å². The summed E-state index contributed by atoms with van der Waals surface area (Å²) in [7, 11) is 1.25. The van der Waals surface area contributed by atoms with E-state index in [-0.39, 0.29) is 11.9 Å². The number of carbonyl (C=O) groups is 2. The summed E-state index contributed by atoms with van der Waals surface area (Å²) in [5.41, 5.74) is 6.98. The van der Waals surface area contributed by atoms with Gasteiger partial charge in [0.05, 0.1) is 25.3 Å². The van der Waals surface area contributed by atoms with Crippen LogP contribution in [0.2, 0.25) is 0 Å². The van der Waals surface area contributed by atoms with Crippen LogP contribution in [0, 0.1) is 6.92 Å². The highest BCUT2D eigenvalue weighted by molar-refractivity contribution is 9.10. The molecule has 0 atom stereocenters. The lowest BCUT2D eigenvalue weighted by molar-refractivity contribution is 0.0591. The van der Waals surface area contributed by atoms with E-state index in [0.29, 0.717) is 22.2 Å². The zero-order valence-electron chi connectivity index (χ0n) is 28.2. The summed E-state index contributed by atoms with van der Waals surface area (Å²) in [6, 6.07) is 38.0. The number of methoxy groups -OCH3 is 2. The maximum absolute atomic E-state index is 12.2. The quantitative estimate of drug-likeness (QED) is 0.133. The molecule has 8 rings (SSSR count). The molecule has 0 spiro atoms. The summed E-state index contributed by atoms with van der Waals surface area (Å²) in [6.07, 6.45) is 0. The van der Waals surface area contributed by atoms with Crippen LogP contribution in [0.25, 0.3) is 55.0 Å². The molecule has 0 fully saturated rings. The van der Waals surface area contributed by atoms with Crippen molar-refractivity contribution in [3.63, 3.8) is 0 Å². The van der Waals surface area contributed by atoms with Gasteiger partial charge in [0.1, 0.15) is 22.3 Å². The molecular weight excluding hydrogens is 791 g/mol. The minimum Gasteiger partial charge on any atom is -0.465 e. The molecule has 0 saturated carbocycles. The fourth-order valence-corrected chi connectivity index (χ4v) is 6.61. The van der Waals surface area contributed by atoms with Gasteiger partial charge in [-0.2, -0.15) is 0 Å². The molecule has 8 aromatic rings. The van der Waals surface area contributed by atoms with Crippen LogP contribution in [-0.4, -0.2) is 43.3 Å². The Labute approximate surface area is 316 Å². The third-order valence-electron chi connectivity index (χ3n) is 8.40. The van der Waals surface area contributed by atoms with Gasteiger partial charge >= 0.3 is 19.1 Å². The van der Waals surface area contributed by atoms with Crippen LogP contribution in [0.1, 0.15) is 26.3 Å². The molecule has 0 unspecified atom stereocenters. The summed E-state index contributed by atoms with van der Waals surface area (Å²) < 4.78 is 22.9. The number of para-hydroxylation sites is 4. The topological polar surface area (TPSA) is 119 Å². The first-order chi connectivity index (χ1) is 25.1. The number of hydrogen-bond acceptors (Lipinski definition) is 8. The van der Waals surface area contributed by atoms with Crippen LogP contribution in [-0.2, 0) is 9.47 Å². The molecule has 0 saturated heterocycles. The normalized spacial score (nSPS) is 10.8. The number of halogens is 2. The van der Waals surface area contributed by atoms with Gasteiger partial charge in [0.2, 0.25) is 0 Å². The van der Waals surface area contributed by atoms with E-state index in [0.717, 1.165) is 63.9 Å². The molecule has 2 N–H and O–H groups in total. The molecule has 260 valence electrons. The second-order valence-corrected chi connectivity index (χ2v) is 13.4. The number of hydrogen-bond donors (Lipinski definition) is 2. The Morgan fingerprint density at radius 3 is 1.69 bits per heavy atom. The molecule has 0 aliphatic rings. The van der Waals surface area contributed by atoms with Crippen LogP contribution in [0.3, 0.4) is 0 Å². The maximum Gasteiger partial charge on any atom is 0.492 e. The third kappa shape index (κ3) is 7.54. The van der Waals surface area contributed by atoms with Crippen molar-refractivity contribution >= 4 is 100 Å². The van der Waals surface area contributed by atoms with Crippen molar-refractivity contribution < 1.29 is 37.9 Å². The molecule has 0 bridgehead atoms. The van der Waals surface area contributed by atoms with Gasteiger partial charge in [-0.15, -0.1) is 0 Å². The summed E-state index contributed by atoms with van der Waals surface area (Å²) in [5.74, 6) is -0.673. The van der Waals surface area contributed by atoms with Crippen molar-refractivity contribution in [3.8, 4) is 11.1 Å². The Balaban J connectivity index is 0.000000144. The lowest BCUT2D eigenvalue weighted by Crippen LogP contribution is -2.29. The molecular formula is C41H31BBr2O8. The number of fused-ring (bicyclic) bond motifs is 6. The monoisotopic (exact) mass is 820 g/mol. The summed E-state index contributed by atoms with van der Waals surface area (Å²) in [4.78, 5) is 23.3. The average molecular weight is 822 g/mol. The van der Waals surface area contributed by atoms with Crippen molar-refractivity contribution in [1.29, 1.82) is 0 Å². The van der Waals surface area contributed by atoms with Crippen molar-refractivity contribution in [2.45, 2.75) is 6.92 Å². The van der Waals surface area contributed by atoms with Crippen LogP contribution < -0.4 is 5.46 Å². The van der Waals surface area contributed by atoms with Gasteiger partial charge in [-0.3, -0.25) is 0 Å². The minimum absolute atomic E-state index is 0.297. The van der Waals surface area contributed by atoms with E-state index in [1.54, 1.807) is 24.3 Å². The second-order valence-electron chi connectivity index (χ2n) is 11.6. The SMILES string of the molecule is COC(=O)c1cc(Br)ccc1-c1cccc2c1oc1ccccc12.COC(=O)c1cc(Br)ccc1C.OB(O)c1cccc2c1oc1ccccc12. The minimum atomic E-state index is -1.51. The number of benzene rings is 6. The first-order valence-corrected chi connectivity index (χ1v) is 17.6. The molecule has 11 heteroatoms. The Kier molecular flexibility index (Phi) is 11.3. The zero-order valence-corrected chi connectivity index (χ0v) is 31.4. The predicted octanol–water partition coefficient (Wildman–Crippen LogP) is 9.61. The molecule has 8 nitrogen and oxygen atoms in total. The highest BCUT2D eigenvalue weighted by Gasteiger charge is 2.20. The summed E-state index contributed by atoms with van der Waals surface area (Å²) in [6.45, 7) is 1.87. The van der Waals surface area contributed by atoms with Crippen molar-refractivity contribution in [2.24, 2.45) is 0 Å². The van der Waals surface area contributed by atoms with E-state index in [2.05, 4.69) is 36.6 Å². The molecule has 2 heterocycles. The first-order valence-electron chi connectivity index (χ1n) is 16.0. The summed E-state index contributed by atoms with van der Waals surface area (Å²) >= 11 is 6.70. The zero-order chi connectivity index (χ0) is 36.9. The van der Waals surface area contributed by atoms with Gasteiger partial charge < -0.3 is 28.4 Å².